The summed E-state index contributed by atoms with van der Waals surface area (Å²) in [6, 6.07) is 0. The maximum atomic E-state index is 6.15. The van der Waals surface area contributed by atoms with Crippen LogP contribution in [0.3, 0.4) is 0 Å². The van der Waals surface area contributed by atoms with Crippen molar-refractivity contribution in [1.82, 2.24) is 0 Å². The third-order valence-corrected chi connectivity index (χ3v) is 23.0. The fraction of sp³-hybridized carbons (Fsp3) is 0.818. The summed E-state index contributed by atoms with van der Waals surface area (Å²) in [5.74, 6) is 0. The Hall–Kier alpha value is 1.23. The Labute approximate surface area is 121 Å². The van der Waals surface area contributed by atoms with Crippen LogP contribution in [-0.4, -0.2) is 27.9 Å². The van der Waals surface area contributed by atoms with Crippen molar-refractivity contribution in [2.75, 3.05) is 0 Å². The minimum absolute atomic E-state index is 0.125. The molecule has 96 valence electrons. The standard InChI is InChI=1S/C11H19BBr2GeO2/c1-8-6-7-9(15(8,13)14)12-16-10(2,3)11(4,5)17-12/h6-9H,1-5H3/t8-,9-/m0/s1. The second-order valence-corrected chi connectivity index (χ2v) is 31.3. The van der Waals surface area contributed by atoms with Gasteiger partial charge in [-0.25, -0.2) is 0 Å². The van der Waals surface area contributed by atoms with E-state index in [1.165, 1.54) is 0 Å². The molecule has 0 amide bonds. The van der Waals surface area contributed by atoms with Crippen LogP contribution in [0.4, 0.5) is 0 Å². The molecule has 0 spiro atoms. The molecular weight excluding hydrogens is 407 g/mol. The summed E-state index contributed by atoms with van der Waals surface area (Å²) in [4.78, 5) is 0. The molecule has 2 aliphatic heterocycles. The van der Waals surface area contributed by atoms with Crippen LogP contribution in [0.25, 0.3) is 0 Å². The molecule has 0 aromatic carbocycles. The molecule has 2 aliphatic rings. The van der Waals surface area contributed by atoms with Gasteiger partial charge in [-0.1, -0.05) is 0 Å². The van der Waals surface area contributed by atoms with Crippen LogP contribution >= 0.6 is 28.0 Å². The van der Waals surface area contributed by atoms with Crippen LogP contribution in [0.2, 0.25) is 9.40 Å². The number of rotatable bonds is 1. The summed E-state index contributed by atoms with van der Waals surface area (Å²) in [5, 5.41) is 0. The molecule has 2 nitrogen and oxygen atoms in total. The van der Waals surface area contributed by atoms with Crippen molar-refractivity contribution in [3.63, 3.8) is 0 Å². The van der Waals surface area contributed by atoms with Gasteiger partial charge in [0.05, 0.1) is 0 Å². The second-order valence-electron chi connectivity index (χ2n) is 6.00. The van der Waals surface area contributed by atoms with Gasteiger partial charge in [0.2, 0.25) is 0 Å². The van der Waals surface area contributed by atoms with E-state index in [2.05, 4.69) is 74.8 Å². The van der Waals surface area contributed by atoms with Crippen molar-refractivity contribution >= 4 is 44.7 Å². The van der Waals surface area contributed by atoms with E-state index in [9.17, 15) is 0 Å². The average molecular weight is 427 g/mol. The molecule has 2 rings (SSSR count). The minimum atomic E-state index is -2.24. The molecule has 1 saturated heterocycles. The summed E-state index contributed by atoms with van der Waals surface area (Å²) in [6.07, 6.45) is 4.54. The van der Waals surface area contributed by atoms with Gasteiger partial charge in [0.25, 0.3) is 0 Å². The summed E-state index contributed by atoms with van der Waals surface area (Å²) in [7, 11) is -2.36. The molecule has 0 aliphatic carbocycles. The molecule has 0 aromatic heterocycles. The normalized spacial score (nSPS) is 37.7. The van der Waals surface area contributed by atoms with Crippen LogP contribution in [0.15, 0.2) is 12.2 Å². The Morgan fingerprint density at radius 1 is 1.06 bits per heavy atom. The number of halogens is 2. The zero-order chi connectivity index (χ0) is 13.1. The fourth-order valence-electron chi connectivity index (χ4n) is 2.15. The molecule has 0 unspecified atom stereocenters. The Bertz CT molecular complexity index is 341. The summed E-state index contributed by atoms with van der Waals surface area (Å²) in [5.41, 5.74) is -0.481. The van der Waals surface area contributed by atoms with Crippen LogP contribution in [0, 0.1) is 0 Å². The first-order valence-electron chi connectivity index (χ1n) is 6.00. The first-order chi connectivity index (χ1) is 7.58. The Balaban J connectivity index is 2.20. The van der Waals surface area contributed by atoms with Gasteiger partial charge < -0.3 is 0 Å². The molecule has 0 saturated carbocycles. The molecule has 17 heavy (non-hydrogen) atoms. The van der Waals surface area contributed by atoms with Crippen molar-refractivity contribution in [1.29, 1.82) is 0 Å². The van der Waals surface area contributed by atoms with Gasteiger partial charge in [-0.3, -0.25) is 0 Å². The van der Waals surface area contributed by atoms with Crippen molar-refractivity contribution < 1.29 is 9.31 Å². The number of allylic oxidation sites excluding steroid dienone is 2. The van der Waals surface area contributed by atoms with Crippen LogP contribution in [-0.2, 0) is 9.31 Å². The summed E-state index contributed by atoms with van der Waals surface area (Å²) >= 11 is 7.88. The van der Waals surface area contributed by atoms with E-state index in [-0.39, 0.29) is 18.3 Å². The van der Waals surface area contributed by atoms with Crippen molar-refractivity contribution in [2.45, 2.75) is 55.2 Å². The zero-order valence-corrected chi connectivity index (χ0v) is 16.2. The van der Waals surface area contributed by atoms with Gasteiger partial charge in [0, 0.05) is 0 Å². The SMILES string of the molecule is C[C@H]1C=C[C@@H](B2OC(C)(C)C(C)(C)O2)[Ge]1([Br])[Br]. The predicted octanol–water partition coefficient (Wildman–Crippen LogP) is 4.18. The Morgan fingerprint density at radius 3 is 1.88 bits per heavy atom. The van der Waals surface area contributed by atoms with Crippen molar-refractivity contribution in [2.24, 2.45) is 0 Å². The second kappa shape index (κ2) is 4.37. The molecule has 0 aromatic rings. The molecule has 2 atom stereocenters. The van der Waals surface area contributed by atoms with Gasteiger partial charge >= 0.3 is 121 Å². The molecule has 6 heteroatoms. The number of hydrogen-bond acceptors (Lipinski definition) is 2. The molecular formula is C11H19BBr2GeO2. The molecule has 0 N–H and O–H groups in total. The topological polar surface area (TPSA) is 18.5 Å². The average Bonchev–Trinajstić information content (AvgIpc) is 2.50. The van der Waals surface area contributed by atoms with Gasteiger partial charge in [-0.05, 0) is 0 Å². The van der Waals surface area contributed by atoms with Crippen LogP contribution in [0.5, 0.6) is 0 Å². The molecule has 0 radical (unpaired) electrons. The number of hydrogen-bond donors (Lipinski definition) is 0. The van der Waals surface area contributed by atoms with Crippen LogP contribution in [0.1, 0.15) is 34.6 Å². The third kappa shape index (κ3) is 2.35. The van der Waals surface area contributed by atoms with E-state index in [0.717, 1.165) is 0 Å². The van der Waals surface area contributed by atoms with E-state index in [0.29, 0.717) is 9.40 Å². The molecule has 2 heterocycles. The zero-order valence-electron chi connectivity index (χ0n) is 11.0. The first-order valence-corrected chi connectivity index (χ1v) is 18.2. The quantitative estimate of drug-likeness (QED) is 0.463. The van der Waals surface area contributed by atoms with Gasteiger partial charge in [-0.2, -0.15) is 0 Å². The Kier molecular flexibility index (Phi) is 3.76. The van der Waals surface area contributed by atoms with E-state index >= 15 is 0 Å². The van der Waals surface area contributed by atoms with Gasteiger partial charge in [-0.15, -0.1) is 0 Å². The summed E-state index contributed by atoms with van der Waals surface area (Å²) < 4.78 is 13.3. The fourth-order valence-corrected chi connectivity index (χ4v) is 11.4. The van der Waals surface area contributed by atoms with Gasteiger partial charge in [0.15, 0.2) is 0 Å². The maximum absolute atomic E-state index is 6.15. The van der Waals surface area contributed by atoms with Crippen molar-refractivity contribution in [3.8, 4) is 0 Å². The van der Waals surface area contributed by atoms with E-state index in [1.807, 2.05) is 0 Å². The molecule has 1 fully saturated rings. The first kappa shape index (κ1) is 14.6. The third-order valence-electron chi connectivity index (χ3n) is 4.22. The summed E-state index contributed by atoms with van der Waals surface area (Å²) in [6.45, 7) is 10.7. The van der Waals surface area contributed by atoms with Crippen LogP contribution < -0.4 is 0 Å². The van der Waals surface area contributed by atoms with E-state index < -0.39 is 9.58 Å². The monoisotopic (exact) mass is 426 g/mol. The predicted molar refractivity (Wildman–Crippen MR) is 82.0 cm³/mol. The van der Waals surface area contributed by atoms with E-state index in [1.54, 1.807) is 0 Å². The molecule has 0 bridgehead atoms. The Morgan fingerprint density at radius 2 is 1.53 bits per heavy atom. The van der Waals surface area contributed by atoms with Gasteiger partial charge in [0.1, 0.15) is 0 Å². The van der Waals surface area contributed by atoms with E-state index in [4.69, 9.17) is 9.31 Å². The van der Waals surface area contributed by atoms with Crippen molar-refractivity contribution in [3.05, 3.63) is 12.2 Å².